The van der Waals surface area contributed by atoms with Crippen LogP contribution in [0.25, 0.3) is 0 Å². The Morgan fingerprint density at radius 2 is 2.16 bits per heavy atom. The van der Waals surface area contributed by atoms with E-state index in [2.05, 4.69) is 4.90 Å². The number of nitrogens with zero attached hydrogens (tertiary/aromatic N) is 1. The molecule has 1 unspecified atom stereocenters. The summed E-state index contributed by atoms with van der Waals surface area (Å²) >= 11 is 6.00. The monoisotopic (exact) mass is 279 g/mol. The van der Waals surface area contributed by atoms with Gasteiger partial charge in [0.15, 0.2) is 0 Å². The zero-order chi connectivity index (χ0) is 13.0. The normalized spacial score (nSPS) is 28.6. The van der Waals surface area contributed by atoms with Crippen LogP contribution < -0.4 is 4.74 Å². The fourth-order valence-electron chi connectivity index (χ4n) is 3.41. The molecule has 1 atom stereocenters. The number of ether oxygens (including phenoxy) is 1. The Hall–Kier alpha value is -0.770. The molecule has 19 heavy (non-hydrogen) atoms. The second-order valence-corrected chi connectivity index (χ2v) is 6.68. The number of likely N-dealkylation sites (tertiary alicyclic amines) is 1. The van der Waals surface area contributed by atoms with Gasteiger partial charge in [0.25, 0.3) is 0 Å². The van der Waals surface area contributed by atoms with E-state index in [1.807, 2.05) is 18.2 Å². The first-order valence-electron chi connectivity index (χ1n) is 7.02. The fourth-order valence-corrected chi connectivity index (χ4v) is 3.61. The molecule has 2 heterocycles. The Bertz CT molecular complexity index is 509. The average molecular weight is 280 g/mol. The maximum Gasteiger partial charge on any atom is 0.123 e. The summed E-state index contributed by atoms with van der Waals surface area (Å²) in [6.45, 7) is 2.53. The minimum Gasteiger partial charge on any atom is -0.488 e. The molecule has 2 fully saturated rings. The van der Waals surface area contributed by atoms with Crippen molar-refractivity contribution < 1.29 is 9.84 Å². The molecule has 1 aromatic carbocycles. The lowest BCUT2D eigenvalue weighted by Gasteiger charge is -2.47. The van der Waals surface area contributed by atoms with Crippen molar-refractivity contribution in [2.24, 2.45) is 5.92 Å². The molecule has 1 aromatic rings. The highest BCUT2D eigenvalue weighted by Gasteiger charge is 2.52. The average Bonchev–Trinajstić information content (AvgIpc) is 3.09. The molecule has 0 bridgehead atoms. The summed E-state index contributed by atoms with van der Waals surface area (Å²) in [6.07, 6.45) is 3.54. The molecule has 1 saturated heterocycles. The van der Waals surface area contributed by atoms with Gasteiger partial charge in [-0.15, -0.1) is 0 Å². The molecular weight excluding hydrogens is 262 g/mol. The van der Waals surface area contributed by atoms with Gasteiger partial charge in [-0.2, -0.15) is 0 Å². The first-order valence-corrected chi connectivity index (χ1v) is 7.40. The Morgan fingerprint density at radius 1 is 1.37 bits per heavy atom. The quantitative estimate of drug-likeness (QED) is 0.920. The molecular formula is C15H18ClNO2. The SMILES string of the molecule is OC1(C2CC2)CN(CC2Cc3cc(Cl)ccc3O2)C1. The molecule has 0 spiro atoms. The number of rotatable bonds is 3. The van der Waals surface area contributed by atoms with Gasteiger partial charge >= 0.3 is 0 Å². The highest BCUT2D eigenvalue weighted by molar-refractivity contribution is 6.30. The number of β-amino-alcohol motifs (C(OH)–C–C–N with tert-alkyl or cyclic N) is 1. The maximum absolute atomic E-state index is 10.3. The van der Waals surface area contributed by atoms with E-state index >= 15 is 0 Å². The minimum absolute atomic E-state index is 0.206. The second kappa shape index (κ2) is 4.11. The van der Waals surface area contributed by atoms with Crippen LogP contribution in [0.5, 0.6) is 5.75 Å². The lowest BCUT2D eigenvalue weighted by molar-refractivity contribution is -0.119. The van der Waals surface area contributed by atoms with Crippen molar-refractivity contribution >= 4 is 11.6 Å². The predicted octanol–water partition coefficient (Wildman–Crippen LogP) is 2.10. The first-order chi connectivity index (χ1) is 9.12. The van der Waals surface area contributed by atoms with E-state index in [1.165, 1.54) is 18.4 Å². The highest BCUT2D eigenvalue weighted by atomic mass is 35.5. The van der Waals surface area contributed by atoms with Crippen molar-refractivity contribution in [2.75, 3.05) is 19.6 Å². The van der Waals surface area contributed by atoms with E-state index in [9.17, 15) is 5.11 Å². The van der Waals surface area contributed by atoms with Crippen LogP contribution in [0.2, 0.25) is 5.02 Å². The van der Waals surface area contributed by atoms with Crippen molar-refractivity contribution in [1.82, 2.24) is 4.90 Å². The molecule has 4 heteroatoms. The Balaban J connectivity index is 1.34. The third-order valence-electron chi connectivity index (χ3n) is 4.56. The van der Waals surface area contributed by atoms with Crippen LogP contribution in [-0.2, 0) is 6.42 Å². The third kappa shape index (κ3) is 2.14. The van der Waals surface area contributed by atoms with Crippen molar-refractivity contribution in [3.63, 3.8) is 0 Å². The number of hydrogen-bond donors (Lipinski definition) is 1. The molecule has 0 amide bonds. The van der Waals surface area contributed by atoms with Gasteiger partial charge in [0.2, 0.25) is 0 Å². The van der Waals surface area contributed by atoms with Crippen LogP contribution in [0, 0.1) is 5.92 Å². The molecule has 1 N–H and O–H groups in total. The van der Waals surface area contributed by atoms with Crippen molar-refractivity contribution in [3.8, 4) is 5.75 Å². The summed E-state index contributed by atoms with van der Waals surface area (Å²) in [5.41, 5.74) is 0.810. The van der Waals surface area contributed by atoms with E-state index in [0.717, 1.165) is 36.8 Å². The van der Waals surface area contributed by atoms with Crippen LogP contribution in [-0.4, -0.2) is 41.3 Å². The summed E-state index contributed by atoms with van der Waals surface area (Å²) in [6, 6.07) is 5.82. The first kappa shape index (κ1) is 12.0. The summed E-state index contributed by atoms with van der Waals surface area (Å²) in [7, 11) is 0. The topological polar surface area (TPSA) is 32.7 Å². The molecule has 102 valence electrons. The minimum atomic E-state index is -0.394. The van der Waals surface area contributed by atoms with Gasteiger partial charge in [-0.05, 0) is 42.5 Å². The van der Waals surface area contributed by atoms with E-state index in [4.69, 9.17) is 16.3 Å². The number of benzene rings is 1. The Labute approximate surface area is 118 Å². The van der Waals surface area contributed by atoms with Gasteiger partial charge in [0.05, 0.1) is 5.60 Å². The number of aliphatic hydroxyl groups is 1. The number of fused-ring (bicyclic) bond motifs is 1. The summed E-state index contributed by atoms with van der Waals surface area (Å²) in [5.74, 6) is 1.52. The van der Waals surface area contributed by atoms with E-state index in [1.54, 1.807) is 0 Å². The Morgan fingerprint density at radius 3 is 2.89 bits per heavy atom. The smallest absolute Gasteiger partial charge is 0.123 e. The van der Waals surface area contributed by atoms with Crippen molar-refractivity contribution in [2.45, 2.75) is 31.0 Å². The van der Waals surface area contributed by atoms with E-state index < -0.39 is 5.60 Å². The van der Waals surface area contributed by atoms with Gasteiger partial charge in [-0.1, -0.05) is 11.6 Å². The standard InChI is InChI=1S/C15H18ClNO2/c16-12-3-4-14-10(5-12)6-13(19-14)7-17-8-15(18,9-17)11-1-2-11/h3-5,11,13,18H,1-2,6-9H2. The predicted molar refractivity (Wildman–Crippen MR) is 73.7 cm³/mol. The van der Waals surface area contributed by atoms with Gasteiger partial charge in [-0.25, -0.2) is 0 Å². The van der Waals surface area contributed by atoms with Crippen LogP contribution in [0.4, 0.5) is 0 Å². The molecule has 2 aliphatic heterocycles. The molecule has 1 aliphatic carbocycles. The molecule has 3 nitrogen and oxygen atoms in total. The second-order valence-electron chi connectivity index (χ2n) is 6.24. The molecule has 0 aromatic heterocycles. The molecule has 4 rings (SSSR count). The maximum atomic E-state index is 10.3. The van der Waals surface area contributed by atoms with E-state index in [0.29, 0.717) is 5.92 Å². The van der Waals surface area contributed by atoms with Crippen LogP contribution in [0.1, 0.15) is 18.4 Å². The van der Waals surface area contributed by atoms with Gasteiger partial charge in [0.1, 0.15) is 11.9 Å². The van der Waals surface area contributed by atoms with Gasteiger partial charge in [-0.3, -0.25) is 4.90 Å². The zero-order valence-corrected chi connectivity index (χ0v) is 11.6. The summed E-state index contributed by atoms with van der Waals surface area (Å²) in [5, 5.41) is 11.1. The zero-order valence-electron chi connectivity index (χ0n) is 10.8. The lowest BCUT2D eigenvalue weighted by atomic mass is 9.88. The van der Waals surface area contributed by atoms with Crippen LogP contribution in [0.3, 0.4) is 0 Å². The Kier molecular flexibility index (Phi) is 2.60. The van der Waals surface area contributed by atoms with Crippen molar-refractivity contribution in [1.29, 1.82) is 0 Å². The largest absolute Gasteiger partial charge is 0.488 e. The fraction of sp³-hybridized carbons (Fsp3) is 0.600. The van der Waals surface area contributed by atoms with Gasteiger partial charge < -0.3 is 9.84 Å². The van der Waals surface area contributed by atoms with Crippen LogP contribution in [0.15, 0.2) is 18.2 Å². The molecule has 1 saturated carbocycles. The highest BCUT2D eigenvalue weighted by Crippen LogP contribution is 2.44. The van der Waals surface area contributed by atoms with Crippen molar-refractivity contribution in [3.05, 3.63) is 28.8 Å². The summed E-state index contributed by atoms with van der Waals surface area (Å²) < 4.78 is 5.93. The number of hydrogen-bond acceptors (Lipinski definition) is 3. The molecule has 3 aliphatic rings. The van der Waals surface area contributed by atoms with E-state index in [-0.39, 0.29) is 6.10 Å². The van der Waals surface area contributed by atoms with Crippen LogP contribution >= 0.6 is 11.6 Å². The molecule has 0 radical (unpaired) electrons. The number of halogens is 1. The third-order valence-corrected chi connectivity index (χ3v) is 4.79. The lowest BCUT2D eigenvalue weighted by Crippen LogP contribution is -2.64. The summed E-state index contributed by atoms with van der Waals surface area (Å²) in [4.78, 5) is 2.30. The van der Waals surface area contributed by atoms with Gasteiger partial charge in [0, 0.05) is 31.1 Å².